The molecule has 2 heterocycles. The maximum atomic E-state index is 11.5. The molecule has 2 rings (SSSR count). The second-order valence-electron chi connectivity index (χ2n) is 3.44. The van der Waals surface area contributed by atoms with Crippen LogP contribution in [0, 0.1) is 6.92 Å². The summed E-state index contributed by atoms with van der Waals surface area (Å²) in [6, 6.07) is 0. The van der Waals surface area contributed by atoms with Crippen LogP contribution in [0.2, 0.25) is 0 Å². The van der Waals surface area contributed by atoms with E-state index in [0.29, 0.717) is 5.57 Å². The van der Waals surface area contributed by atoms with Crippen molar-refractivity contribution in [1.29, 1.82) is 0 Å². The Balaban J connectivity index is 2.15. The van der Waals surface area contributed by atoms with Gasteiger partial charge in [-0.2, -0.15) is 0 Å². The molecular formula is C10H10N2O2S. The van der Waals surface area contributed by atoms with Crippen LogP contribution in [-0.2, 0) is 16.1 Å². The molecule has 0 aromatic carbocycles. The number of carbonyl (C=O) groups is 2. The van der Waals surface area contributed by atoms with Crippen LogP contribution in [0.25, 0.3) is 0 Å². The molecular weight excluding hydrogens is 212 g/mol. The van der Waals surface area contributed by atoms with Crippen molar-refractivity contribution in [2.24, 2.45) is 0 Å². The average molecular weight is 222 g/mol. The predicted octanol–water partition coefficient (Wildman–Crippen LogP) is 1.27. The second-order valence-corrected chi connectivity index (χ2v) is 4.38. The summed E-state index contributed by atoms with van der Waals surface area (Å²) in [5.74, 6) is -0.460. The molecule has 0 aliphatic carbocycles. The Kier molecular flexibility index (Phi) is 2.40. The Morgan fingerprint density at radius 2 is 2.13 bits per heavy atom. The van der Waals surface area contributed by atoms with E-state index in [1.165, 1.54) is 22.3 Å². The van der Waals surface area contributed by atoms with E-state index in [0.717, 1.165) is 10.7 Å². The zero-order chi connectivity index (χ0) is 11.0. The van der Waals surface area contributed by atoms with Crippen molar-refractivity contribution < 1.29 is 9.59 Å². The number of thiazole rings is 1. The first-order chi connectivity index (χ1) is 7.08. The molecule has 0 saturated carbocycles. The Morgan fingerprint density at radius 3 is 2.60 bits per heavy atom. The number of aryl methyl sites for hydroxylation is 1. The van der Waals surface area contributed by atoms with Gasteiger partial charge in [0.15, 0.2) is 0 Å². The van der Waals surface area contributed by atoms with E-state index in [1.54, 1.807) is 6.92 Å². The van der Waals surface area contributed by atoms with Crippen molar-refractivity contribution in [3.05, 3.63) is 27.7 Å². The minimum Gasteiger partial charge on any atom is -0.269 e. The van der Waals surface area contributed by atoms with Crippen LogP contribution < -0.4 is 0 Å². The molecule has 4 nitrogen and oxygen atoms in total. The summed E-state index contributed by atoms with van der Waals surface area (Å²) in [6.07, 6.45) is 1.36. The topological polar surface area (TPSA) is 50.3 Å². The van der Waals surface area contributed by atoms with Gasteiger partial charge >= 0.3 is 0 Å². The maximum Gasteiger partial charge on any atom is 0.256 e. The van der Waals surface area contributed by atoms with Gasteiger partial charge in [-0.15, -0.1) is 11.3 Å². The zero-order valence-corrected chi connectivity index (χ0v) is 9.30. The molecule has 0 atom stereocenters. The fourth-order valence-corrected chi connectivity index (χ4v) is 2.16. The standard InChI is InChI=1S/C10H10N2O2S/c1-6-3-9(13)12(10(6)14)4-8-11-7(2)5-15-8/h3,5H,4H2,1-2H3. The number of hydrogen-bond donors (Lipinski definition) is 0. The molecule has 0 unspecified atom stereocenters. The summed E-state index contributed by atoms with van der Waals surface area (Å²) >= 11 is 1.46. The van der Waals surface area contributed by atoms with E-state index in [9.17, 15) is 9.59 Å². The number of amides is 2. The first-order valence-corrected chi connectivity index (χ1v) is 5.41. The average Bonchev–Trinajstić information content (AvgIpc) is 2.67. The summed E-state index contributed by atoms with van der Waals surface area (Å²) in [6.45, 7) is 3.81. The summed E-state index contributed by atoms with van der Waals surface area (Å²) < 4.78 is 0. The van der Waals surface area contributed by atoms with Gasteiger partial charge in [0.05, 0.1) is 6.54 Å². The summed E-state index contributed by atoms with van der Waals surface area (Å²) in [4.78, 5) is 28.4. The minimum atomic E-state index is -0.245. The van der Waals surface area contributed by atoms with Crippen LogP contribution in [0.1, 0.15) is 17.6 Å². The van der Waals surface area contributed by atoms with Gasteiger partial charge in [-0.25, -0.2) is 4.98 Å². The second kappa shape index (κ2) is 3.58. The van der Waals surface area contributed by atoms with Crippen molar-refractivity contribution in [3.63, 3.8) is 0 Å². The van der Waals surface area contributed by atoms with Gasteiger partial charge in [0.2, 0.25) is 0 Å². The number of nitrogens with zero attached hydrogens (tertiary/aromatic N) is 2. The van der Waals surface area contributed by atoms with Crippen molar-refractivity contribution in [3.8, 4) is 0 Å². The fraction of sp³-hybridized carbons (Fsp3) is 0.300. The van der Waals surface area contributed by atoms with Gasteiger partial charge in [-0.05, 0) is 13.8 Å². The molecule has 0 fully saturated rings. The Morgan fingerprint density at radius 1 is 1.40 bits per heavy atom. The number of rotatable bonds is 2. The molecule has 0 bridgehead atoms. The third-order valence-electron chi connectivity index (χ3n) is 2.15. The van der Waals surface area contributed by atoms with Crippen LogP contribution in [-0.4, -0.2) is 21.7 Å². The first kappa shape index (κ1) is 10.0. The highest BCUT2D eigenvalue weighted by Gasteiger charge is 2.28. The van der Waals surface area contributed by atoms with E-state index in [1.807, 2.05) is 12.3 Å². The molecule has 5 heteroatoms. The van der Waals surface area contributed by atoms with Crippen LogP contribution in [0.5, 0.6) is 0 Å². The molecule has 0 spiro atoms. The lowest BCUT2D eigenvalue weighted by Gasteiger charge is -2.11. The quantitative estimate of drug-likeness (QED) is 0.708. The largest absolute Gasteiger partial charge is 0.269 e. The molecule has 0 N–H and O–H groups in total. The van der Waals surface area contributed by atoms with Crippen molar-refractivity contribution in [2.45, 2.75) is 20.4 Å². The zero-order valence-electron chi connectivity index (χ0n) is 8.48. The minimum absolute atomic E-state index is 0.215. The van der Waals surface area contributed by atoms with E-state index in [4.69, 9.17) is 0 Å². The number of imide groups is 1. The maximum absolute atomic E-state index is 11.5. The van der Waals surface area contributed by atoms with Gasteiger partial charge in [0.1, 0.15) is 5.01 Å². The van der Waals surface area contributed by atoms with E-state index in [2.05, 4.69) is 4.98 Å². The highest BCUT2D eigenvalue weighted by Crippen LogP contribution is 2.17. The van der Waals surface area contributed by atoms with Gasteiger partial charge < -0.3 is 0 Å². The Hall–Kier alpha value is -1.49. The molecule has 15 heavy (non-hydrogen) atoms. The molecule has 1 aliphatic heterocycles. The van der Waals surface area contributed by atoms with Crippen LogP contribution >= 0.6 is 11.3 Å². The lowest BCUT2D eigenvalue weighted by molar-refractivity contribution is -0.137. The number of hydrogen-bond acceptors (Lipinski definition) is 4. The first-order valence-electron chi connectivity index (χ1n) is 4.53. The number of carbonyl (C=O) groups excluding carboxylic acids is 2. The van der Waals surface area contributed by atoms with Crippen LogP contribution in [0.3, 0.4) is 0 Å². The molecule has 1 aromatic heterocycles. The molecule has 1 aliphatic rings. The molecule has 78 valence electrons. The smallest absolute Gasteiger partial charge is 0.256 e. The van der Waals surface area contributed by atoms with Crippen molar-refractivity contribution in [2.75, 3.05) is 0 Å². The van der Waals surface area contributed by atoms with Gasteiger partial charge in [0, 0.05) is 22.7 Å². The third-order valence-corrected chi connectivity index (χ3v) is 3.10. The highest BCUT2D eigenvalue weighted by atomic mass is 32.1. The van der Waals surface area contributed by atoms with Gasteiger partial charge in [0.25, 0.3) is 11.8 Å². The molecule has 0 saturated heterocycles. The third kappa shape index (κ3) is 1.83. The van der Waals surface area contributed by atoms with Gasteiger partial charge in [-0.1, -0.05) is 0 Å². The predicted molar refractivity (Wildman–Crippen MR) is 56.2 cm³/mol. The van der Waals surface area contributed by atoms with Gasteiger partial charge in [-0.3, -0.25) is 14.5 Å². The monoisotopic (exact) mass is 222 g/mol. The SMILES string of the molecule is CC1=CC(=O)N(Cc2nc(C)cs2)C1=O. The normalized spacial score (nSPS) is 16.1. The highest BCUT2D eigenvalue weighted by molar-refractivity contribution is 7.09. The molecule has 0 radical (unpaired) electrons. The van der Waals surface area contributed by atoms with Crippen LogP contribution in [0.15, 0.2) is 17.0 Å². The van der Waals surface area contributed by atoms with E-state index < -0.39 is 0 Å². The summed E-state index contributed by atoms with van der Waals surface area (Å²) in [5.41, 5.74) is 1.41. The molecule has 2 amide bonds. The Labute approximate surface area is 91.2 Å². The van der Waals surface area contributed by atoms with Crippen LogP contribution in [0.4, 0.5) is 0 Å². The lowest BCUT2D eigenvalue weighted by atomic mass is 10.3. The van der Waals surface area contributed by atoms with Crippen molar-refractivity contribution in [1.82, 2.24) is 9.88 Å². The summed E-state index contributed by atoms with van der Waals surface area (Å²) in [7, 11) is 0. The van der Waals surface area contributed by atoms with Crippen molar-refractivity contribution >= 4 is 23.2 Å². The fourth-order valence-electron chi connectivity index (χ4n) is 1.40. The van der Waals surface area contributed by atoms with E-state index in [-0.39, 0.29) is 18.4 Å². The number of aromatic nitrogens is 1. The summed E-state index contributed by atoms with van der Waals surface area (Å²) in [5, 5.41) is 2.69. The lowest BCUT2D eigenvalue weighted by Crippen LogP contribution is -2.30. The Bertz CT molecular complexity index is 462. The van der Waals surface area contributed by atoms with E-state index >= 15 is 0 Å². The molecule has 1 aromatic rings.